The number of hydrogen-bond acceptors (Lipinski definition) is 5. The molecule has 2 aromatic carbocycles. The summed E-state index contributed by atoms with van der Waals surface area (Å²) in [5, 5.41) is 3.56. The van der Waals surface area contributed by atoms with Crippen LogP contribution in [0.4, 0.5) is 5.69 Å². The average Bonchev–Trinajstić information content (AvgIpc) is 3.27. The summed E-state index contributed by atoms with van der Waals surface area (Å²) in [6.07, 6.45) is 0. The third-order valence-corrected chi connectivity index (χ3v) is 5.45. The Morgan fingerprint density at radius 1 is 0.875 bits per heavy atom. The Morgan fingerprint density at radius 3 is 2.25 bits per heavy atom. The molecule has 32 heavy (non-hydrogen) atoms. The maximum atomic E-state index is 12.8. The van der Waals surface area contributed by atoms with Crippen LogP contribution in [0.1, 0.15) is 10.5 Å². The molecule has 1 aliphatic heterocycles. The van der Waals surface area contributed by atoms with Gasteiger partial charge < -0.3 is 29.6 Å². The first kappa shape index (κ1) is 21.2. The predicted molar refractivity (Wildman–Crippen MR) is 119 cm³/mol. The fourth-order valence-electron chi connectivity index (χ4n) is 3.71. The lowest BCUT2D eigenvalue weighted by Crippen LogP contribution is -2.53. The number of fused-ring (bicyclic) bond motifs is 1. The van der Waals surface area contributed by atoms with E-state index in [1.807, 2.05) is 30.3 Å². The zero-order valence-electron chi connectivity index (χ0n) is 17.9. The van der Waals surface area contributed by atoms with Gasteiger partial charge >= 0.3 is 11.8 Å². The molecular formula is C23H24N4O5. The molecule has 166 valence electrons. The number of aromatic nitrogens is 1. The molecule has 3 amide bonds. The van der Waals surface area contributed by atoms with Crippen molar-refractivity contribution in [2.75, 3.05) is 45.7 Å². The Kier molecular flexibility index (Phi) is 5.98. The molecule has 9 heteroatoms. The van der Waals surface area contributed by atoms with Gasteiger partial charge in [0.15, 0.2) is 11.5 Å². The number of rotatable bonds is 4. The van der Waals surface area contributed by atoms with Crippen molar-refractivity contribution in [3.8, 4) is 11.5 Å². The average molecular weight is 436 g/mol. The molecule has 2 N–H and O–H groups in total. The first-order chi connectivity index (χ1) is 15.5. The zero-order valence-corrected chi connectivity index (χ0v) is 17.9. The van der Waals surface area contributed by atoms with Gasteiger partial charge in [0, 0.05) is 48.8 Å². The molecule has 4 rings (SSSR count). The molecule has 0 atom stereocenters. The van der Waals surface area contributed by atoms with Crippen LogP contribution in [0.15, 0.2) is 48.5 Å². The van der Waals surface area contributed by atoms with E-state index in [4.69, 9.17) is 9.47 Å². The number of amides is 3. The molecule has 1 fully saturated rings. The van der Waals surface area contributed by atoms with Crippen molar-refractivity contribution >= 4 is 34.3 Å². The van der Waals surface area contributed by atoms with Crippen LogP contribution < -0.4 is 14.8 Å². The summed E-state index contributed by atoms with van der Waals surface area (Å²) in [6.45, 7) is 1.27. The van der Waals surface area contributed by atoms with Gasteiger partial charge in [0.1, 0.15) is 5.69 Å². The lowest BCUT2D eigenvalue weighted by Gasteiger charge is -2.34. The van der Waals surface area contributed by atoms with Gasteiger partial charge in [0.25, 0.3) is 5.91 Å². The number of carbonyl (C=O) groups is 3. The summed E-state index contributed by atoms with van der Waals surface area (Å²) in [4.78, 5) is 44.1. The van der Waals surface area contributed by atoms with E-state index >= 15 is 0 Å². The monoisotopic (exact) mass is 436 g/mol. The number of piperazine rings is 1. The third kappa shape index (κ3) is 4.22. The SMILES string of the molecule is COc1ccc(NC(=O)C(=O)N2CCN(C(=O)c3cc4ccccc4[nH]3)CC2)cc1OC. The fraction of sp³-hybridized carbons (Fsp3) is 0.261. The number of aromatic amines is 1. The number of methoxy groups -OCH3 is 2. The molecule has 0 bridgehead atoms. The van der Waals surface area contributed by atoms with Gasteiger partial charge in [-0.15, -0.1) is 0 Å². The van der Waals surface area contributed by atoms with Gasteiger partial charge in [-0.2, -0.15) is 0 Å². The van der Waals surface area contributed by atoms with Crippen molar-refractivity contribution < 1.29 is 23.9 Å². The van der Waals surface area contributed by atoms with Crippen LogP contribution in [0.3, 0.4) is 0 Å². The summed E-state index contributed by atoms with van der Waals surface area (Å²) in [5.41, 5.74) is 1.84. The van der Waals surface area contributed by atoms with E-state index in [0.29, 0.717) is 36.0 Å². The highest BCUT2D eigenvalue weighted by Crippen LogP contribution is 2.29. The van der Waals surface area contributed by atoms with Crippen LogP contribution in [0, 0.1) is 0 Å². The van der Waals surface area contributed by atoms with Gasteiger partial charge in [0.05, 0.1) is 14.2 Å². The van der Waals surface area contributed by atoms with Gasteiger partial charge in [0.2, 0.25) is 0 Å². The third-order valence-electron chi connectivity index (χ3n) is 5.45. The number of ether oxygens (including phenoxy) is 2. The van der Waals surface area contributed by atoms with Crippen LogP contribution in [0.5, 0.6) is 11.5 Å². The number of H-pyrrole nitrogens is 1. The Labute approximate surface area is 184 Å². The number of nitrogens with zero attached hydrogens (tertiary/aromatic N) is 2. The molecule has 1 saturated heterocycles. The fourth-order valence-corrected chi connectivity index (χ4v) is 3.71. The summed E-state index contributed by atoms with van der Waals surface area (Å²) < 4.78 is 10.4. The minimum Gasteiger partial charge on any atom is -0.493 e. The van der Waals surface area contributed by atoms with Crippen molar-refractivity contribution in [2.24, 2.45) is 0 Å². The van der Waals surface area contributed by atoms with E-state index in [0.717, 1.165) is 10.9 Å². The maximum absolute atomic E-state index is 12.8. The highest BCUT2D eigenvalue weighted by Gasteiger charge is 2.29. The molecule has 0 saturated carbocycles. The minimum absolute atomic E-state index is 0.122. The topological polar surface area (TPSA) is 104 Å². The lowest BCUT2D eigenvalue weighted by molar-refractivity contribution is -0.144. The summed E-state index contributed by atoms with van der Waals surface area (Å²) >= 11 is 0. The summed E-state index contributed by atoms with van der Waals surface area (Å²) in [6, 6.07) is 14.4. The van der Waals surface area contributed by atoms with Crippen molar-refractivity contribution in [1.82, 2.24) is 14.8 Å². The lowest BCUT2D eigenvalue weighted by atomic mass is 10.2. The highest BCUT2D eigenvalue weighted by atomic mass is 16.5. The van der Waals surface area contributed by atoms with Crippen molar-refractivity contribution in [1.29, 1.82) is 0 Å². The molecule has 9 nitrogen and oxygen atoms in total. The van der Waals surface area contributed by atoms with E-state index in [1.165, 1.54) is 19.1 Å². The van der Waals surface area contributed by atoms with E-state index in [1.54, 1.807) is 23.1 Å². The Balaban J connectivity index is 1.34. The molecule has 0 aliphatic carbocycles. The summed E-state index contributed by atoms with van der Waals surface area (Å²) in [7, 11) is 3.01. The van der Waals surface area contributed by atoms with Crippen LogP contribution in [-0.2, 0) is 9.59 Å². The molecule has 0 radical (unpaired) electrons. The number of benzene rings is 2. The van der Waals surface area contributed by atoms with E-state index in [2.05, 4.69) is 10.3 Å². The zero-order chi connectivity index (χ0) is 22.7. The quantitative estimate of drug-likeness (QED) is 0.610. The van der Waals surface area contributed by atoms with Crippen molar-refractivity contribution in [3.05, 3.63) is 54.2 Å². The molecule has 1 aliphatic rings. The number of para-hydroxylation sites is 1. The summed E-state index contributed by atoms with van der Waals surface area (Å²) in [5.74, 6) is -0.539. The Bertz CT molecular complexity index is 1130. The Hall–Kier alpha value is -4.01. The number of hydrogen-bond donors (Lipinski definition) is 2. The van der Waals surface area contributed by atoms with Gasteiger partial charge in [-0.25, -0.2) is 0 Å². The van der Waals surface area contributed by atoms with Gasteiger partial charge in [-0.3, -0.25) is 14.4 Å². The van der Waals surface area contributed by atoms with Gasteiger partial charge in [-0.05, 0) is 24.3 Å². The number of carbonyl (C=O) groups excluding carboxylic acids is 3. The molecular weight excluding hydrogens is 412 g/mol. The molecule has 2 heterocycles. The molecule has 1 aromatic heterocycles. The second-order valence-corrected chi connectivity index (χ2v) is 7.38. The normalized spacial score (nSPS) is 13.7. The first-order valence-electron chi connectivity index (χ1n) is 10.2. The van der Waals surface area contributed by atoms with E-state index in [-0.39, 0.29) is 19.0 Å². The standard InChI is InChI=1S/C23H24N4O5/c1-31-19-8-7-16(14-20(19)32-2)24-21(28)23(30)27-11-9-26(10-12-27)22(29)18-13-15-5-3-4-6-17(15)25-18/h3-8,13-14,25H,9-12H2,1-2H3,(H,24,28). The smallest absolute Gasteiger partial charge is 0.313 e. The number of anilines is 1. The predicted octanol–water partition coefficient (Wildman–Crippen LogP) is 2.11. The van der Waals surface area contributed by atoms with Gasteiger partial charge in [-0.1, -0.05) is 18.2 Å². The van der Waals surface area contributed by atoms with Crippen LogP contribution in [0.2, 0.25) is 0 Å². The molecule has 0 unspecified atom stereocenters. The van der Waals surface area contributed by atoms with Crippen molar-refractivity contribution in [3.63, 3.8) is 0 Å². The first-order valence-corrected chi connectivity index (χ1v) is 10.2. The van der Waals surface area contributed by atoms with Crippen LogP contribution in [0.25, 0.3) is 10.9 Å². The van der Waals surface area contributed by atoms with E-state index in [9.17, 15) is 14.4 Å². The molecule has 3 aromatic rings. The second-order valence-electron chi connectivity index (χ2n) is 7.38. The van der Waals surface area contributed by atoms with Crippen LogP contribution >= 0.6 is 0 Å². The highest BCUT2D eigenvalue weighted by molar-refractivity contribution is 6.39. The minimum atomic E-state index is -0.743. The Morgan fingerprint density at radius 2 is 1.56 bits per heavy atom. The molecule has 0 spiro atoms. The van der Waals surface area contributed by atoms with E-state index < -0.39 is 11.8 Å². The van der Waals surface area contributed by atoms with Crippen LogP contribution in [-0.4, -0.2) is 72.9 Å². The number of nitrogens with one attached hydrogen (secondary N) is 2. The second kappa shape index (κ2) is 9.01. The van der Waals surface area contributed by atoms with Crippen molar-refractivity contribution in [2.45, 2.75) is 0 Å². The maximum Gasteiger partial charge on any atom is 0.313 e. The largest absolute Gasteiger partial charge is 0.493 e.